The van der Waals surface area contributed by atoms with Crippen LogP contribution in [0.5, 0.6) is 0 Å². The minimum Gasteiger partial charge on any atom is -0.224 e. The Morgan fingerprint density at radius 1 is 1.56 bits per heavy atom. The third-order valence-corrected chi connectivity index (χ3v) is 4.07. The summed E-state index contributed by atoms with van der Waals surface area (Å²) < 4.78 is 5.24. The zero-order valence-corrected chi connectivity index (χ0v) is 10.2. The van der Waals surface area contributed by atoms with Crippen molar-refractivity contribution in [3.05, 3.63) is 0 Å². The molecule has 9 heavy (non-hydrogen) atoms. The van der Waals surface area contributed by atoms with E-state index in [1.165, 1.54) is 5.71 Å². The molecule has 0 aliphatic carbocycles. The van der Waals surface area contributed by atoms with E-state index >= 15 is 0 Å². The van der Waals surface area contributed by atoms with Crippen LogP contribution in [0.4, 0.5) is 0 Å². The molecule has 0 atom stereocenters. The SMILES string of the molecule is C/C(=N\I)C(C)(C)CI. The Morgan fingerprint density at radius 3 is 2.11 bits per heavy atom. The zero-order valence-electron chi connectivity index (χ0n) is 5.91. The van der Waals surface area contributed by atoms with Gasteiger partial charge < -0.3 is 0 Å². The first-order chi connectivity index (χ1) is 4.04. The second-order valence-electron chi connectivity index (χ2n) is 2.69. The maximum absolute atomic E-state index is 4.11. The lowest BCUT2D eigenvalue weighted by molar-refractivity contribution is 0.613. The molecule has 0 aliphatic heterocycles. The first kappa shape index (κ1) is 10.1. The summed E-state index contributed by atoms with van der Waals surface area (Å²) >= 11 is 4.43. The molecule has 0 rings (SSSR count). The van der Waals surface area contributed by atoms with E-state index in [-0.39, 0.29) is 5.41 Å². The van der Waals surface area contributed by atoms with Crippen LogP contribution < -0.4 is 0 Å². The fourth-order valence-electron chi connectivity index (χ4n) is 0.211. The van der Waals surface area contributed by atoms with Crippen molar-refractivity contribution in [3.8, 4) is 0 Å². The predicted octanol–water partition coefficient (Wildman–Crippen LogP) is 3.26. The van der Waals surface area contributed by atoms with Gasteiger partial charge in [-0.3, -0.25) is 0 Å². The number of rotatable bonds is 2. The van der Waals surface area contributed by atoms with Crippen molar-refractivity contribution in [2.75, 3.05) is 4.43 Å². The van der Waals surface area contributed by atoms with Crippen molar-refractivity contribution in [1.82, 2.24) is 0 Å². The van der Waals surface area contributed by atoms with Crippen LogP contribution in [0.15, 0.2) is 3.21 Å². The first-order valence-corrected chi connectivity index (χ1v) is 5.25. The molecular weight excluding hydrogens is 340 g/mol. The molecular formula is C6H11I2N. The van der Waals surface area contributed by atoms with Crippen LogP contribution in [0.3, 0.4) is 0 Å². The van der Waals surface area contributed by atoms with E-state index in [0.717, 1.165) is 4.43 Å². The Labute approximate surface area is 84.3 Å². The molecule has 0 radical (unpaired) electrons. The molecule has 1 nitrogen and oxygen atoms in total. The van der Waals surface area contributed by atoms with Gasteiger partial charge in [-0.1, -0.05) is 36.4 Å². The molecule has 0 N–H and O–H groups in total. The number of hydrogen-bond donors (Lipinski definition) is 0. The minimum absolute atomic E-state index is 0.280. The first-order valence-electron chi connectivity index (χ1n) is 2.76. The van der Waals surface area contributed by atoms with Gasteiger partial charge in [-0.2, -0.15) is 0 Å². The molecule has 3 heteroatoms. The minimum atomic E-state index is 0.280. The molecule has 0 bridgehead atoms. The second kappa shape index (κ2) is 4.10. The van der Waals surface area contributed by atoms with E-state index in [0.29, 0.717) is 0 Å². The number of nitrogens with zero attached hydrogens (tertiary/aromatic N) is 1. The Bertz CT molecular complexity index is 118. The highest BCUT2D eigenvalue weighted by Crippen LogP contribution is 2.21. The largest absolute Gasteiger partial charge is 0.224 e. The summed E-state index contributed by atoms with van der Waals surface area (Å²) in [6, 6.07) is 0. The second-order valence-corrected chi connectivity index (χ2v) is 3.93. The molecule has 0 aromatic heterocycles. The molecule has 0 saturated heterocycles. The van der Waals surface area contributed by atoms with E-state index in [2.05, 4.69) is 46.6 Å². The van der Waals surface area contributed by atoms with E-state index in [1.807, 2.05) is 22.9 Å². The maximum Gasteiger partial charge on any atom is 0.0830 e. The van der Waals surface area contributed by atoms with Crippen LogP contribution in [0.2, 0.25) is 0 Å². The standard InChI is InChI=1S/C6H11I2N/c1-5(9-8)6(2,3)4-7/h4H2,1-3H3/b9-5+. The fraction of sp³-hybridized carbons (Fsp3) is 0.833. The van der Waals surface area contributed by atoms with Crippen LogP contribution in [0.25, 0.3) is 0 Å². The normalized spacial score (nSPS) is 14.1. The summed E-state index contributed by atoms with van der Waals surface area (Å²) in [4.78, 5) is 0. The summed E-state index contributed by atoms with van der Waals surface area (Å²) in [7, 11) is 0. The lowest BCUT2D eigenvalue weighted by Gasteiger charge is -2.19. The third kappa shape index (κ3) is 3.15. The number of alkyl halides is 1. The van der Waals surface area contributed by atoms with Crippen LogP contribution >= 0.6 is 45.5 Å². The predicted molar refractivity (Wildman–Crippen MR) is 59.8 cm³/mol. The quantitative estimate of drug-likeness (QED) is 0.412. The molecule has 0 saturated carbocycles. The topological polar surface area (TPSA) is 12.4 Å². The van der Waals surface area contributed by atoms with Gasteiger partial charge in [0.25, 0.3) is 0 Å². The molecule has 54 valence electrons. The maximum atomic E-state index is 4.11. The highest BCUT2D eigenvalue weighted by atomic mass is 127. The summed E-state index contributed by atoms with van der Waals surface area (Å²) in [6.07, 6.45) is 0. The van der Waals surface area contributed by atoms with Gasteiger partial charge in [-0.25, -0.2) is 3.21 Å². The Balaban J connectivity index is 4.14. The molecule has 0 aromatic carbocycles. The summed E-state index contributed by atoms with van der Waals surface area (Å²) in [5.41, 5.74) is 1.50. The van der Waals surface area contributed by atoms with Crippen LogP contribution in [-0.2, 0) is 0 Å². The van der Waals surface area contributed by atoms with Gasteiger partial charge in [0.2, 0.25) is 0 Å². The smallest absolute Gasteiger partial charge is 0.0830 e. The average Bonchev–Trinajstić information content (AvgIpc) is 1.86. The van der Waals surface area contributed by atoms with E-state index < -0.39 is 0 Å². The van der Waals surface area contributed by atoms with Crippen LogP contribution in [-0.4, -0.2) is 10.1 Å². The van der Waals surface area contributed by atoms with Gasteiger partial charge >= 0.3 is 0 Å². The molecule has 0 heterocycles. The van der Waals surface area contributed by atoms with Gasteiger partial charge in [0.15, 0.2) is 0 Å². The van der Waals surface area contributed by atoms with Crippen molar-refractivity contribution in [2.45, 2.75) is 20.8 Å². The van der Waals surface area contributed by atoms with Crippen LogP contribution in [0, 0.1) is 5.41 Å². The van der Waals surface area contributed by atoms with Crippen molar-refractivity contribution in [1.29, 1.82) is 0 Å². The van der Waals surface area contributed by atoms with Gasteiger partial charge in [0.1, 0.15) is 0 Å². The number of halogens is 2. The monoisotopic (exact) mass is 351 g/mol. The molecule has 0 aromatic rings. The third-order valence-electron chi connectivity index (χ3n) is 1.44. The van der Waals surface area contributed by atoms with Crippen LogP contribution in [0.1, 0.15) is 20.8 Å². The number of hydrogen-bond acceptors (Lipinski definition) is 1. The Hall–Kier alpha value is 1.13. The summed E-state index contributed by atoms with van der Waals surface area (Å²) in [6.45, 7) is 6.49. The van der Waals surface area contributed by atoms with E-state index in [9.17, 15) is 0 Å². The Kier molecular flexibility index (Phi) is 4.62. The Morgan fingerprint density at radius 2 is 2.00 bits per heavy atom. The average molecular weight is 351 g/mol. The van der Waals surface area contributed by atoms with Crippen molar-refractivity contribution >= 4 is 51.2 Å². The molecule has 0 amide bonds. The van der Waals surface area contributed by atoms with E-state index in [4.69, 9.17) is 0 Å². The van der Waals surface area contributed by atoms with Crippen molar-refractivity contribution < 1.29 is 0 Å². The van der Waals surface area contributed by atoms with Gasteiger partial charge in [0, 0.05) is 15.6 Å². The zero-order chi connectivity index (χ0) is 7.49. The van der Waals surface area contributed by atoms with E-state index in [1.54, 1.807) is 0 Å². The van der Waals surface area contributed by atoms with Gasteiger partial charge in [-0.15, -0.1) is 0 Å². The molecule has 0 aliphatic rings. The lowest BCUT2D eigenvalue weighted by atomic mass is 9.91. The van der Waals surface area contributed by atoms with Gasteiger partial charge in [-0.05, 0) is 6.92 Å². The lowest BCUT2D eigenvalue weighted by Crippen LogP contribution is -2.22. The van der Waals surface area contributed by atoms with Crippen molar-refractivity contribution in [3.63, 3.8) is 0 Å². The molecule has 0 spiro atoms. The van der Waals surface area contributed by atoms with Crippen molar-refractivity contribution in [2.24, 2.45) is 8.62 Å². The highest BCUT2D eigenvalue weighted by Gasteiger charge is 2.18. The summed E-state index contributed by atoms with van der Waals surface area (Å²) in [5, 5.41) is 0. The van der Waals surface area contributed by atoms with Gasteiger partial charge in [0.05, 0.1) is 22.9 Å². The molecule has 0 fully saturated rings. The summed E-state index contributed by atoms with van der Waals surface area (Å²) in [5.74, 6) is 0. The molecule has 0 unspecified atom stereocenters. The fourth-order valence-corrected chi connectivity index (χ4v) is 1.42. The highest BCUT2D eigenvalue weighted by molar-refractivity contribution is 14.1.